The molecule has 0 N–H and O–H groups in total. The molecule has 1 atom stereocenters. The van der Waals surface area contributed by atoms with E-state index in [9.17, 15) is 0 Å². The van der Waals surface area contributed by atoms with Gasteiger partial charge < -0.3 is 4.90 Å². The van der Waals surface area contributed by atoms with Crippen LogP contribution in [0.2, 0.25) is 0 Å². The molecule has 0 aromatic heterocycles. The topological polar surface area (TPSA) is 3.24 Å². The predicted molar refractivity (Wildman–Crippen MR) is 51.8 cm³/mol. The molecule has 0 aliphatic carbocycles. The van der Waals surface area contributed by atoms with Crippen LogP contribution in [-0.2, 0) is 0 Å². The molecular formula is C10H23N. The lowest BCUT2D eigenvalue weighted by atomic mass is 9.85. The molecule has 0 aliphatic rings. The maximum absolute atomic E-state index is 2.32. The van der Waals surface area contributed by atoms with E-state index in [0.29, 0.717) is 5.41 Å². The summed E-state index contributed by atoms with van der Waals surface area (Å²) in [5.41, 5.74) is 0.482. The maximum atomic E-state index is 2.32. The zero-order valence-electron chi connectivity index (χ0n) is 8.94. The van der Waals surface area contributed by atoms with E-state index < -0.39 is 0 Å². The fourth-order valence-electron chi connectivity index (χ4n) is 1.73. The molecule has 0 aliphatic heterocycles. The first-order valence-corrected chi connectivity index (χ1v) is 4.46. The summed E-state index contributed by atoms with van der Waals surface area (Å²) in [6.45, 7) is 10.4. The van der Waals surface area contributed by atoms with E-state index >= 15 is 0 Å². The molecule has 1 nitrogen and oxygen atoms in total. The van der Waals surface area contributed by atoms with Gasteiger partial charge in [0.05, 0.1) is 0 Å². The van der Waals surface area contributed by atoms with Crippen molar-refractivity contribution >= 4 is 0 Å². The van der Waals surface area contributed by atoms with Crippen LogP contribution in [0.1, 0.15) is 34.1 Å². The highest BCUT2D eigenvalue weighted by molar-refractivity contribution is 4.67. The molecule has 0 radical (unpaired) electrons. The largest absolute Gasteiger partial charge is 0.309 e. The maximum Gasteiger partial charge on any atom is 0.000112 e. The van der Waals surface area contributed by atoms with E-state index in [4.69, 9.17) is 0 Å². The van der Waals surface area contributed by atoms with Crippen molar-refractivity contribution in [1.29, 1.82) is 0 Å². The highest BCUT2D eigenvalue weighted by Crippen LogP contribution is 2.24. The van der Waals surface area contributed by atoms with Crippen molar-refractivity contribution in [1.82, 2.24) is 4.90 Å². The molecule has 0 bridgehead atoms. The van der Waals surface area contributed by atoms with Crippen molar-refractivity contribution in [3.63, 3.8) is 0 Å². The first-order chi connectivity index (χ1) is 4.81. The van der Waals surface area contributed by atoms with Crippen LogP contribution in [0.5, 0.6) is 0 Å². The quantitative estimate of drug-likeness (QED) is 0.608. The fraction of sp³-hybridized carbons (Fsp3) is 1.00. The number of hydrogen-bond donors (Lipinski definition) is 0. The summed E-state index contributed by atoms with van der Waals surface area (Å²) in [6.07, 6.45) is 1.31. The third-order valence-corrected chi connectivity index (χ3v) is 1.64. The van der Waals surface area contributed by atoms with Gasteiger partial charge in [0.2, 0.25) is 0 Å². The number of rotatable bonds is 3. The van der Waals surface area contributed by atoms with Gasteiger partial charge in [0.25, 0.3) is 0 Å². The smallest absolute Gasteiger partial charge is 0.000112 e. The van der Waals surface area contributed by atoms with E-state index in [1.807, 2.05) is 0 Å². The van der Waals surface area contributed by atoms with E-state index in [2.05, 4.69) is 46.7 Å². The average Bonchev–Trinajstić information content (AvgIpc) is 1.53. The Morgan fingerprint density at radius 3 is 1.91 bits per heavy atom. The molecule has 0 saturated carbocycles. The van der Waals surface area contributed by atoms with Gasteiger partial charge in [-0.3, -0.25) is 0 Å². The van der Waals surface area contributed by atoms with Gasteiger partial charge in [-0.15, -0.1) is 0 Å². The highest BCUT2D eigenvalue weighted by atomic mass is 15.1. The van der Waals surface area contributed by atoms with E-state index in [0.717, 1.165) is 5.92 Å². The predicted octanol–water partition coefficient (Wildman–Crippen LogP) is 2.62. The fourth-order valence-corrected chi connectivity index (χ4v) is 1.73. The zero-order valence-corrected chi connectivity index (χ0v) is 8.94. The Kier molecular flexibility index (Phi) is 4.09. The summed E-state index contributed by atoms with van der Waals surface area (Å²) < 4.78 is 0. The Bertz CT molecular complexity index is 99.9. The van der Waals surface area contributed by atoms with Crippen molar-refractivity contribution < 1.29 is 0 Å². The van der Waals surface area contributed by atoms with E-state index in [1.54, 1.807) is 0 Å². The number of hydrogen-bond acceptors (Lipinski definition) is 1. The molecule has 11 heavy (non-hydrogen) atoms. The Morgan fingerprint density at radius 2 is 1.64 bits per heavy atom. The van der Waals surface area contributed by atoms with E-state index in [1.165, 1.54) is 13.0 Å². The molecule has 0 saturated heterocycles. The van der Waals surface area contributed by atoms with Crippen LogP contribution >= 0.6 is 0 Å². The molecule has 68 valence electrons. The molecule has 0 fully saturated rings. The van der Waals surface area contributed by atoms with Crippen molar-refractivity contribution in [3.05, 3.63) is 0 Å². The van der Waals surface area contributed by atoms with Crippen molar-refractivity contribution in [2.45, 2.75) is 34.1 Å². The minimum atomic E-state index is 0.482. The van der Waals surface area contributed by atoms with Gasteiger partial charge in [-0.25, -0.2) is 0 Å². The Morgan fingerprint density at radius 1 is 1.18 bits per heavy atom. The third-order valence-electron chi connectivity index (χ3n) is 1.64. The monoisotopic (exact) mass is 157 g/mol. The Hall–Kier alpha value is -0.0400. The summed E-state index contributed by atoms with van der Waals surface area (Å²) >= 11 is 0. The second kappa shape index (κ2) is 4.10. The molecule has 0 heterocycles. The second-order valence-electron chi connectivity index (χ2n) is 5.13. The van der Waals surface area contributed by atoms with Crippen LogP contribution in [0, 0.1) is 11.3 Å². The Labute approximate surface area is 71.8 Å². The van der Waals surface area contributed by atoms with Crippen LogP contribution in [0.15, 0.2) is 0 Å². The van der Waals surface area contributed by atoms with Gasteiger partial charge in [-0.1, -0.05) is 27.7 Å². The first kappa shape index (κ1) is 11.0. The molecule has 0 rings (SSSR count). The standard InChI is InChI=1S/C10H23N/c1-9(8-11(5)6)7-10(2,3)4/h9H,7-8H2,1-6H3/t9-/m0/s1. The minimum Gasteiger partial charge on any atom is -0.309 e. The summed E-state index contributed by atoms with van der Waals surface area (Å²) in [4.78, 5) is 2.26. The van der Waals surface area contributed by atoms with Crippen LogP contribution in [0.4, 0.5) is 0 Å². The first-order valence-electron chi connectivity index (χ1n) is 4.46. The molecule has 0 aromatic rings. The van der Waals surface area contributed by atoms with Gasteiger partial charge in [-0.2, -0.15) is 0 Å². The van der Waals surface area contributed by atoms with Crippen molar-refractivity contribution in [3.8, 4) is 0 Å². The third kappa shape index (κ3) is 7.86. The van der Waals surface area contributed by atoms with Crippen molar-refractivity contribution in [2.24, 2.45) is 11.3 Å². The highest BCUT2D eigenvalue weighted by Gasteiger charge is 2.15. The van der Waals surface area contributed by atoms with Gasteiger partial charge in [-0.05, 0) is 31.8 Å². The average molecular weight is 157 g/mol. The lowest BCUT2D eigenvalue weighted by Gasteiger charge is -2.25. The Balaban J connectivity index is 3.61. The molecule has 0 amide bonds. The molecular weight excluding hydrogens is 134 g/mol. The van der Waals surface area contributed by atoms with Gasteiger partial charge >= 0.3 is 0 Å². The molecule has 0 aromatic carbocycles. The van der Waals surface area contributed by atoms with Gasteiger partial charge in [0.1, 0.15) is 0 Å². The summed E-state index contributed by atoms with van der Waals surface area (Å²) in [7, 11) is 4.28. The normalized spacial score (nSPS) is 15.5. The zero-order chi connectivity index (χ0) is 9.07. The van der Waals surface area contributed by atoms with Crippen LogP contribution < -0.4 is 0 Å². The van der Waals surface area contributed by atoms with Gasteiger partial charge in [0.15, 0.2) is 0 Å². The van der Waals surface area contributed by atoms with Crippen LogP contribution in [0.3, 0.4) is 0 Å². The number of nitrogens with zero attached hydrogens (tertiary/aromatic N) is 1. The molecule has 1 heteroatoms. The second-order valence-corrected chi connectivity index (χ2v) is 5.13. The summed E-state index contributed by atoms with van der Waals surface area (Å²) in [5, 5.41) is 0. The lowest BCUT2D eigenvalue weighted by molar-refractivity contribution is 0.252. The van der Waals surface area contributed by atoms with Gasteiger partial charge in [0, 0.05) is 6.54 Å². The minimum absolute atomic E-state index is 0.482. The van der Waals surface area contributed by atoms with E-state index in [-0.39, 0.29) is 0 Å². The van der Waals surface area contributed by atoms with Crippen molar-refractivity contribution in [2.75, 3.05) is 20.6 Å². The summed E-state index contributed by atoms with van der Waals surface area (Å²) in [6, 6.07) is 0. The summed E-state index contributed by atoms with van der Waals surface area (Å²) in [5.74, 6) is 0.810. The molecule has 0 spiro atoms. The lowest BCUT2D eigenvalue weighted by Crippen LogP contribution is -2.23. The van der Waals surface area contributed by atoms with Crippen LogP contribution in [-0.4, -0.2) is 25.5 Å². The van der Waals surface area contributed by atoms with Crippen LogP contribution in [0.25, 0.3) is 0 Å². The SMILES string of the molecule is C[C@H](CN(C)C)CC(C)(C)C. The molecule has 0 unspecified atom stereocenters.